The number of anilines is 1. The minimum atomic E-state index is -4.42. The molecule has 172 valence electrons. The Morgan fingerprint density at radius 3 is 2.44 bits per heavy atom. The van der Waals surface area contributed by atoms with Crippen molar-refractivity contribution in [1.29, 1.82) is 0 Å². The number of nitrogens with zero attached hydrogens (tertiary/aromatic N) is 2. The van der Waals surface area contributed by atoms with Gasteiger partial charge in [0.05, 0.1) is 28.9 Å². The van der Waals surface area contributed by atoms with E-state index in [1.54, 1.807) is 48.5 Å². The summed E-state index contributed by atoms with van der Waals surface area (Å²) >= 11 is 0. The number of carbonyl (C=O) groups is 1. The molecule has 0 saturated heterocycles. The van der Waals surface area contributed by atoms with Crippen molar-refractivity contribution in [3.63, 3.8) is 0 Å². The van der Waals surface area contributed by atoms with Gasteiger partial charge in [-0.3, -0.25) is 9.35 Å². The fourth-order valence-electron chi connectivity index (χ4n) is 3.34. The van der Waals surface area contributed by atoms with Crippen LogP contribution < -0.4 is 10.1 Å². The van der Waals surface area contributed by atoms with Crippen molar-refractivity contribution >= 4 is 43.9 Å². The quantitative estimate of drug-likeness (QED) is 0.249. The van der Waals surface area contributed by atoms with Crippen molar-refractivity contribution in [2.75, 3.05) is 12.4 Å². The molecule has 1 amide bonds. The molecule has 0 saturated carbocycles. The summed E-state index contributed by atoms with van der Waals surface area (Å²) in [6.45, 7) is 0. The predicted molar refractivity (Wildman–Crippen MR) is 127 cm³/mol. The number of aromatic hydroxyl groups is 1. The minimum Gasteiger partial charge on any atom is -0.505 e. The summed E-state index contributed by atoms with van der Waals surface area (Å²) in [5, 5.41) is 22.9. The Labute approximate surface area is 195 Å². The molecule has 0 unspecified atom stereocenters. The Balaban J connectivity index is 1.78. The number of nitrogens with one attached hydrogen (secondary N) is 1. The minimum absolute atomic E-state index is 0.0283. The van der Waals surface area contributed by atoms with Crippen LogP contribution in [0.5, 0.6) is 11.5 Å². The molecule has 0 aliphatic heterocycles. The zero-order valence-electron chi connectivity index (χ0n) is 17.8. The summed E-state index contributed by atoms with van der Waals surface area (Å²) in [7, 11) is -2.94. The molecule has 0 atom stereocenters. The molecule has 10 heteroatoms. The SMILES string of the molecule is COc1ccccc1NC(=O)c1cc2ccccc2c(N=Nc2cccc(S(=O)(=O)O)c2)c1O. The lowest BCUT2D eigenvalue weighted by molar-refractivity contribution is 0.102. The molecule has 0 heterocycles. The zero-order chi connectivity index (χ0) is 24.3. The first-order valence-corrected chi connectivity index (χ1v) is 11.4. The van der Waals surface area contributed by atoms with Crippen LogP contribution in [0.25, 0.3) is 10.8 Å². The van der Waals surface area contributed by atoms with Gasteiger partial charge in [0.1, 0.15) is 11.4 Å². The molecule has 9 nitrogen and oxygen atoms in total. The van der Waals surface area contributed by atoms with Crippen LogP contribution in [-0.4, -0.2) is 31.1 Å². The highest BCUT2D eigenvalue weighted by molar-refractivity contribution is 7.85. The van der Waals surface area contributed by atoms with Crippen LogP contribution in [0.1, 0.15) is 10.4 Å². The number of phenols is 1. The number of methoxy groups -OCH3 is 1. The van der Waals surface area contributed by atoms with Crippen molar-refractivity contribution in [3.8, 4) is 11.5 Å². The van der Waals surface area contributed by atoms with E-state index in [0.717, 1.165) is 6.07 Å². The van der Waals surface area contributed by atoms with E-state index in [1.807, 2.05) is 0 Å². The largest absolute Gasteiger partial charge is 0.505 e. The zero-order valence-corrected chi connectivity index (χ0v) is 18.7. The van der Waals surface area contributed by atoms with Gasteiger partial charge in [-0.1, -0.05) is 42.5 Å². The van der Waals surface area contributed by atoms with Crippen molar-refractivity contribution in [2.45, 2.75) is 4.90 Å². The number of amides is 1. The monoisotopic (exact) mass is 477 g/mol. The lowest BCUT2D eigenvalue weighted by Crippen LogP contribution is -2.13. The number of ether oxygens (including phenoxy) is 1. The number of phenolic OH excluding ortho intramolecular Hbond substituents is 1. The molecular weight excluding hydrogens is 458 g/mol. The van der Waals surface area contributed by atoms with E-state index in [0.29, 0.717) is 22.2 Å². The number of para-hydroxylation sites is 2. The van der Waals surface area contributed by atoms with Gasteiger partial charge in [-0.25, -0.2) is 0 Å². The maximum Gasteiger partial charge on any atom is 0.294 e. The fourth-order valence-corrected chi connectivity index (χ4v) is 3.86. The Bertz CT molecular complexity index is 1530. The van der Waals surface area contributed by atoms with Gasteiger partial charge in [0.25, 0.3) is 16.0 Å². The summed E-state index contributed by atoms with van der Waals surface area (Å²) in [6.07, 6.45) is 0. The van der Waals surface area contributed by atoms with E-state index in [4.69, 9.17) is 4.74 Å². The van der Waals surface area contributed by atoms with Crippen molar-refractivity contribution in [1.82, 2.24) is 0 Å². The first-order chi connectivity index (χ1) is 16.3. The number of fused-ring (bicyclic) bond motifs is 1. The molecule has 0 aliphatic carbocycles. The van der Waals surface area contributed by atoms with Gasteiger partial charge in [-0.15, -0.1) is 5.11 Å². The molecule has 4 aromatic carbocycles. The molecule has 0 fully saturated rings. The third kappa shape index (κ3) is 4.72. The van der Waals surface area contributed by atoms with Gasteiger partial charge in [0.2, 0.25) is 0 Å². The molecule has 0 aromatic heterocycles. The summed E-state index contributed by atoms with van der Waals surface area (Å²) < 4.78 is 37.3. The smallest absolute Gasteiger partial charge is 0.294 e. The van der Waals surface area contributed by atoms with E-state index in [1.165, 1.54) is 31.4 Å². The number of carbonyl (C=O) groups excluding carboxylic acids is 1. The molecule has 3 N–H and O–H groups in total. The van der Waals surface area contributed by atoms with Crippen LogP contribution in [-0.2, 0) is 10.1 Å². The first kappa shape index (κ1) is 22.9. The Morgan fingerprint density at radius 1 is 0.941 bits per heavy atom. The second-order valence-corrected chi connectivity index (χ2v) is 8.59. The summed E-state index contributed by atoms with van der Waals surface area (Å²) in [6, 6.07) is 20.6. The van der Waals surface area contributed by atoms with Crippen LogP contribution >= 0.6 is 0 Å². The van der Waals surface area contributed by atoms with Crippen LogP contribution in [0.3, 0.4) is 0 Å². The number of azo groups is 1. The molecule has 4 rings (SSSR count). The highest BCUT2D eigenvalue weighted by atomic mass is 32.2. The van der Waals surface area contributed by atoms with Gasteiger partial charge >= 0.3 is 0 Å². The van der Waals surface area contributed by atoms with E-state index >= 15 is 0 Å². The topological polar surface area (TPSA) is 138 Å². The van der Waals surface area contributed by atoms with Gasteiger partial charge in [0, 0.05) is 5.39 Å². The number of hydrogen-bond donors (Lipinski definition) is 3. The van der Waals surface area contributed by atoms with Gasteiger partial charge in [-0.2, -0.15) is 13.5 Å². The van der Waals surface area contributed by atoms with E-state index in [-0.39, 0.29) is 21.8 Å². The summed E-state index contributed by atoms with van der Waals surface area (Å²) in [5.41, 5.74) is 0.543. The van der Waals surface area contributed by atoms with Crippen LogP contribution in [0, 0.1) is 0 Å². The second kappa shape index (κ2) is 9.30. The van der Waals surface area contributed by atoms with Gasteiger partial charge in [0.15, 0.2) is 5.75 Å². The molecule has 0 spiro atoms. The number of benzene rings is 4. The number of hydrogen-bond acceptors (Lipinski definition) is 7. The van der Waals surface area contributed by atoms with Crippen molar-refractivity contribution in [2.24, 2.45) is 10.2 Å². The van der Waals surface area contributed by atoms with Gasteiger partial charge < -0.3 is 15.2 Å². The first-order valence-electron chi connectivity index (χ1n) is 9.96. The molecule has 0 radical (unpaired) electrons. The van der Waals surface area contributed by atoms with E-state index in [2.05, 4.69) is 15.5 Å². The Hall–Kier alpha value is -4.28. The predicted octanol–water partition coefficient (Wildman–Crippen LogP) is 5.47. The molecule has 0 aliphatic rings. The van der Waals surface area contributed by atoms with Crippen LogP contribution in [0.4, 0.5) is 17.1 Å². The van der Waals surface area contributed by atoms with Crippen molar-refractivity contribution in [3.05, 3.63) is 84.4 Å². The Morgan fingerprint density at radius 2 is 1.68 bits per heavy atom. The third-order valence-electron chi connectivity index (χ3n) is 4.98. The van der Waals surface area contributed by atoms with Crippen LogP contribution in [0.15, 0.2) is 94.0 Å². The molecule has 4 aromatic rings. The second-order valence-electron chi connectivity index (χ2n) is 7.17. The average molecular weight is 477 g/mol. The van der Waals surface area contributed by atoms with E-state index in [9.17, 15) is 22.9 Å². The fraction of sp³-hybridized carbons (Fsp3) is 0.0417. The molecule has 34 heavy (non-hydrogen) atoms. The van der Waals surface area contributed by atoms with Crippen LogP contribution in [0.2, 0.25) is 0 Å². The standard InChI is InChI=1S/C24H19N3O6S/c1-33-21-12-5-4-11-20(21)25-24(29)19-13-15-7-2-3-10-18(15)22(23(19)28)27-26-16-8-6-9-17(14-16)34(30,31)32/h2-14,28H,1H3,(H,25,29)(H,30,31,32). The normalized spacial score (nSPS) is 11.6. The molecular formula is C24H19N3O6S. The highest BCUT2D eigenvalue weighted by Gasteiger charge is 2.19. The Kier molecular flexibility index (Phi) is 6.26. The van der Waals surface area contributed by atoms with Crippen molar-refractivity contribution < 1.29 is 27.6 Å². The molecule has 0 bridgehead atoms. The lowest BCUT2D eigenvalue weighted by Gasteiger charge is -2.13. The summed E-state index contributed by atoms with van der Waals surface area (Å²) in [4.78, 5) is 12.7. The average Bonchev–Trinajstić information content (AvgIpc) is 2.83. The third-order valence-corrected chi connectivity index (χ3v) is 5.83. The maximum atomic E-state index is 13.0. The highest BCUT2D eigenvalue weighted by Crippen LogP contribution is 2.40. The van der Waals surface area contributed by atoms with E-state index < -0.39 is 21.8 Å². The van der Waals surface area contributed by atoms with Gasteiger partial charge in [-0.05, 0) is 41.8 Å². The number of rotatable bonds is 6. The summed E-state index contributed by atoms with van der Waals surface area (Å²) in [5.74, 6) is -0.534. The maximum absolute atomic E-state index is 13.0. The lowest BCUT2D eigenvalue weighted by atomic mass is 10.0.